The summed E-state index contributed by atoms with van der Waals surface area (Å²) >= 11 is 0. The van der Waals surface area contributed by atoms with Gasteiger partial charge in [0.15, 0.2) is 5.78 Å². The van der Waals surface area contributed by atoms with Crippen molar-refractivity contribution in [1.82, 2.24) is 14.9 Å². The van der Waals surface area contributed by atoms with Gasteiger partial charge in [-0.15, -0.1) is 0 Å². The van der Waals surface area contributed by atoms with Crippen LogP contribution >= 0.6 is 0 Å². The van der Waals surface area contributed by atoms with E-state index in [0.717, 1.165) is 64.1 Å². The molecule has 5 nitrogen and oxygen atoms in total. The number of Topliss-reactive ketones (excluding diaryl/α,β-unsaturated/α-hetero) is 1. The van der Waals surface area contributed by atoms with E-state index in [2.05, 4.69) is 10.0 Å². The summed E-state index contributed by atoms with van der Waals surface area (Å²) in [5.74, 6) is 0.431. The normalized spacial score (nSPS) is 21.3. The van der Waals surface area contributed by atoms with Crippen LogP contribution in [0.2, 0.25) is 0 Å². The zero-order chi connectivity index (χ0) is 16.2. The Hall–Kier alpha value is -1.72. The molecule has 1 aromatic carbocycles. The zero-order valence-corrected chi connectivity index (χ0v) is 13.8. The van der Waals surface area contributed by atoms with E-state index in [0.29, 0.717) is 0 Å². The Balaban J connectivity index is 1.51. The van der Waals surface area contributed by atoms with Crippen LogP contribution in [0.1, 0.15) is 28.8 Å². The number of hydrogen-bond acceptors (Lipinski definition) is 4. The van der Waals surface area contributed by atoms with Crippen molar-refractivity contribution < 1.29 is 9.59 Å². The van der Waals surface area contributed by atoms with Crippen molar-refractivity contribution >= 4 is 12.2 Å². The van der Waals surface area contributed by atoms with Crippen LogP contribution in [0.25, 0.3) is 0 Å². The average molecular weight is 315 g/mol. The lowest BCUT2D eigenvalue weighted by Gasteiger charge is -2.43. The number of piperazine rings is 1. The van der Waals surface area contributed by atoms with Crippen LogP contribution in [0.3, 0.4) is 0 Å². The molecule has 0 radical (unpaired) electrons. The molecule has 3 rings (SSSR count). The molecule has 2 aliphatic rings. The summed E-state index contributed by atoms with van der Waals surface area (Å²) < 4.78 is 0. The molecule has 0 atom stereocenters. The fraction of sp³-hybridized carbons (Fsp3) is 0.556. The minimum Gasteiger partial charge on any atom is -0.343 e. The van der Waals surface area contributed by atoms with Gasteiger partial charge in [0.25, 0.3) is 0 Å². The molecule has 0 aliphatic carbocycles. The second-order valence-corrected chi connectivity index (χ2v) is 6.55. The van der Waals surface area contributed by atoms with Crippen LogP contribution in [0.4, 0.5) is 0 Å². The van der Waals surface area contributed by atoms with E-state index in [1.807, 2.05) is 36.1 Å². The number of aryl methyl sites for hydroxylation is 1. The topological polar surface area (TPSA) is 43.9 Å². The molecule has 0 bridgehead atoms. The minimum absolute atomic E-state index is 0.144. The van der Waals surface area contributed by atoms with E-state index in [9.17, 15) is 9.59 Å². The number of carbonyl (C=O) groups is 2. The highest BCUT2D eigenvalue weighted by molar-refractivity contribution is 5.97. The maximum Gasteiger partial charge on any atom is 0.209 e. The Morgan fingerprint density at radius 1 is 0.957 bits per heavy atom. The lowest BCUT2D eigenvalue weighted by Crippen LogP contribution is -2.55. The van der Waals surface area contributed by atoms with E-state index in [-0.39, 0.29) is 11.7 Å². The lowest BCUT2D eigenvalue weighted by molar-refractivity contribution is -0.125. The molecular weight excluding hydrogens is 290 g/mol. The maximum absolute atomic E-state index is 12.6. The third-order valence-corrected chi connectivity index (χ3v) is 5.02. The maximum atomic E-state index is 12.6. The molecule has 0 saturated carbocycles. The molecule has 0 spiro atoms. The zero-order valence-electron chi connectivity index (χ0n) is 13.8. The summed E-state index contributed by atoms with van der Waals surface area (Å²) in [5, 5.41) is 4.70. The van der Waals surface area contributed by atoms with Gasteiger partial charge in [0.05, 0.1) is 0 Å². The fourth-order valence-corrected chi connectivity index (χ4v) is 3.46. The summed E-state index contributed by atoms with van der Waals surface area (Å²) in [6, 6.07) is 7.91. The van der Waals surface area contributed by atoms with Crippen LogP contribution in [0.15, 0.2) is 24.3 Å². The van der Waals surface area contributed by atoms with Crippen molar-refractivity contribution in [2.24, 2.45) is 5.92 Å². The molecule has 0 aromatic heterocycles. The Labute approximate surface area is 137 Å². The van der Waals surface area contributed by atoms with Gasteiger partial charge in [-0.25, -0.2) is 10.0 Å². The van der Waals surface area contributed by atoms with E-state index in [1.165, 1.54) is 5.56 Å². The first kappa shape index (κ1) is 16.1. The average Bonchev–Trinajstić information content (AvgIpc) is 2.62. The number of ketones is 1. The van der Waals surface area contributed by atoms with Gasteiger partial charge in [-0.2, -0.15) is 0 Å². The molecule has 2 heterocycles. The highest BCUT2D eigenvalue weighted by Crippen LogP contribution is 2.23. The molecule has 2 aliphatic heterocycles. The molecule has 2 saturated heterocycles. The number of nitrogens with zero attached hydrogens (tertiary/aromatic N) is 3. The van der Waals surface area contributed by atoms with Crippen molar-refractivity contribution in [3.8, 4) is 0 Å². The molecule has 1 aromatic rings. The second-order valence-electron chi connectivity index (χ2n) is 6.55. The van der Waals surface area contributed by atoms with Gasteiger partial charge in [0.1, 0.15) is 0 Å². The smallest absolute Gasteiger partial charge is 0.209 e. The van der Waals surface area contributed by atoms with E-state index in [4.69, 9.17) is 0 Å². The highest BCUT2D eigenvalue weighted by atomic mass is 16.1. The van der Waals surface area contributed by atoms with E-state index >= 15 is 0 Å². The molecule has 0 unspecified atom stereocenters. The predicted molar refractivity (Wildman–Crippen MR) is 89.0 cm³/mol. The molecule has 5 heteroatoms. The van der Waals surface area contributed by atoms with Crippen LogP contribution in [-0.2, 0) is 4.79 Å². The van der Waals surface area contributed by atoms with Crippen LogP contribution in [0.5, 0.6) is 0 Å². The van der Waals surface area contributed by atoms with Crippen LogP contribution in [-0.4, -0.2) is 66.4 Å². The van der Waals surface area contributed by atoms with Gasteiger partial charge >= 0.3 is 0 Å². The summed E-state index contributed by atoms with van der Waals surface area (Å²) in [6.07, 6.45) is 2.77. The number of hydrogen-bond donors (Lipinski definition) is 0. The molecular formula is C18H25N3O2. The van der Waals surface area contributed by atoms with E-state index < -0.39 is 0 Å². The van der Waals surface area contributed by atoms with Crippen LogP contribution in [0, 0.1) is 12.8 Å². The van der Waals surface area contributed by atoms with Gasteiger partial charge in [-0.1, -0.05) is 29.8 Å². The van der Waals surface area contributed by atoms with Gasteiger partial charge in [0.2, 0.25) is 6.41 Å². The summed E-state index contributed by atoms with van der Waals surface area (Å²) in [7, 11) is 0. The van der Waals surface area contributed by atoms with Gasteiger partial charge in [0, 0.05) is 50.7 Å². The van der Waals surface area contributed by atoms with Crippen molar-refractivity contribution in [3.05, 3.63) is 35.4 Å². The number of amides is 1. The number of hydrazine groups is 1. The quantitative estimate of drug-likeness (QED) is 0.625. The Morgan fingerprint density at radius 2 is 1.52 bits per heavy atom. The van der Waals surface area contributed by atoms with E-state index in [1.54, 1.807) is 0 Å². The first-order valence-electron chi connectivity index (χ1n) is 8.47. The summed E-state index contributed by atoms with van der Waals surface area (Å²) in [6.45, 7) is 7.30. The predicted octanol–water partition coefficient (Wildman–Crippen LogP) is 1.58. The number of piperidine rings is 1. The molecule has 0 N–H and O–H groups in total. The second kappa shape index (κ2) is 7.23. The van der Waals surface area contributed by atoms with Gasteiger partial charge < -0.3 is 4.90 Å². The molecule has 2 fully saturated rings. The van der Waals surface area contributed by atoms with Crippen LogP contribution < -0.4 is 0 Å². The Bertz CT molecular complexity index is 542. The highest BCUT2D eigenvalue weighted by Gasteiger charge is 2.29. The minimum atomic E-state index is 0.144. The largest absolute Gasteiger partial charge is 0.343 e. The standard InChI is InChI=1S/C18H25N3O2/c1-15-2-4-16(5-3-15)18(23)17-6-8-20(9-7-17)21-12-10-19(14-22)11-13-21/h2-5,14,17H,6-13H2,1H3. The third kappa shape index (κ3) is 3.79. The monoisotopic (exact) mass is 315 g/mol. The van der Waals surface area contributed by atoms with Gasteiger partial charge in [-0.05, 0) is 19.8 Å². The molecule has 23 heavy (non-hydrogen) atoms. The Morgan fingerprint density at radius 3 is 2.09 bits per heavy atom. The molecule has 1 amide bonds. The van der Waals surface area contributed by atoms with Crippen molar-refractivity contribution in [3.63, 3.8) is 0 Å². The number of carbonyl (C=O) groups excluding carboxylic acids is 2. The Kier molecular flexibility index (Phi) is 5.08. The fourth-order valence-electron chi connectivity index (χ4n) is 3.46. The lowest BCUT2D eigenvalue weighted by atomic mass is 9.89. The summed E-state index contributed by atoms with van der Waals surface area (Å²) in [5.41, 5.74) is 2.03. The van der Waals surface area contributed by atoms with Gasteiger partial charge in [-0.3, -0.25) is 9.59 Å². The first-order chi connectivity index (χ1) is 11.2. The van der Waals surface area contributed by atoms with Crippen molar-refractivity contribution in [1.29, 1.82) is 0 Å². The number of benzene rings is 1. The molecule has 124 valence electrons. The van der Waals surface area contributed by atoms with Crippen molar-refractivity contribution in [2.75, 3.05) is 39.3 Å². The SMILES string of the molecule is Cc1ccc(C(=O)C2CCN(N3CCN(C=O)CC3)CC2)cc1. The summed E-state index contributed by atoms with van der Waals surface area (Å²) in [4.78, 5) is 25.2. The van der Waals surface area contributed by atoms with Crippen molar-refractivity contribution in [2.45, 2.75) is 19.8 Å². The first-order valence-corrected chi connectivity index (χ1v) is 8.47. The number of rotatable bonds is 4. The third-order valence-electron chi connectivity index (χ3n) is 5.02.